The molecule has 0 aliphatic heterocycles. The summed E-state index contributed by atoms with van der Waals surface area (Å²) in [7, 11) is 0. The summed E-state index contributed by atoms with van der Waals surface area (Å²) in [5, 5.41) is 5.86. The molecule has 4 heterocycles. The van der Waals surface area contributed by atoms with E-state index in [1.807, 2.05) is 41.9 Å². The second-order valence-corrected chi connectivity index (χ2v) is 13.3. The van der Waals surface area contributed by atoms with Crippen LogP contribution in [0.15, 0.2) is 168 Å². The Morgan fingerprint density at radius 1 is 0.531 bits per heavy atom. The maximum absolute atomic E-state index is 6.17. The fraction of sp³-hybridized carbons (Fsp3) is 0. The second kappa shape index (κ2) is 11.2. The van der Waals surface area contributed by atoms with Crippen LogP contribution in [0.2, 0.25) is 0 Å². The number of thiophene rings is 1. The third-order valence-electron chi connectivity index (χ3n) is 9.37. The molecule has 230 valence electrons. The number of pyridine rings is 2. The van der Waals surface area contributed by atoms with Crippen LogP contribution >= 0.6 is 11.3 Å². The predicted octanol–water partition coefficient (Wildman–Crippen LogP) is 12.7. The van der Waals surface area contributed by atoms with Gasteiger partial charge in [-0.15, -0.1) is 11.3 Å². The molecule has 0 N–H and O–H groups in total. The summed E-state index contributed by atoms with van der Waals surface area (Å²) in [5.41, 5.74) is 10.1. The Labute approximate surface area is 286 Å². The molecule has 0 fully saturated rings. The quantitative estimate of drug-likeness (QED) is 0.187. The van der Waals surface area contributed by atoms with Gasteiger partial charge in [0.15, 0.2) is 0 Å². The smallest absolute Gasteiger partial charge is 0.135 e. The number of furan rings is 1. The summed E-state index contributed by atoms with van der Waals surface area (Å²) in [6.45, 7) is 0. The third kappa shape index (κ3) is 4.59. The van der Waals surface area contributed by atoms with Crippen LogP contribution in [0, 0.1) is 0 Å². The van der Waals surface area contributed by atoms with Crippen molar-refractivity contribution in [3.63, 3.8) is 0 Å². The highest BCUT2D eigenvalue weighted by atomic mass is 32.1. The highest BCUT2D eigenvalue weighted by Gasteiger charge is 2.18. The van der Waals surface area contributed by atoms with E-state index in [1.165, 1.54) is 25.7 Å². The fourth-order valence-electron chi connectivity index (χ4n) is 7.02. The first kappa shape index (κ1) is 27.8. The summed E-state index contributed by atoms with van der Waals surface area (Å²) in [6, 6.07) is 53.2. The third-order valence-corrected chi connectivity index (χ3v) is 10.6. The van der Waals surface area contributed by atoms with Gasteiger partial charge in [0.1, 0.15) is 11.2 Å². The van der Waals surface area contributed by atoms with E-state index in [0.29, 0.717) is 0 Å². The molecule has 10 rings (SSSR count). The van der Waals surface area contributed by atoms with E-state index in [1.54, 1.807) is 0 Å². The molecule has 0 radical (unpaired) electrons. The Bertz CT molecular complexity index is 2830. The Hall–Kier alpha value is -6.30. The molecule has 0 aliphatic carbocycles. The second-order valence-electron chi connectivity index (χ2n) is 12.2. The van der Waals surface area contributed by atoms with Gasteiger partial charge in [-0.2, -0.15) is 0 Å². The van der Waals surface area contributed by atoms with E-state index in [9.17, 15) is 0 Å². The largest absolute Gasteiger partial charge is 0.456 e. The number of nitrogens with zero attached hydrogens (tertiary/aromatic N) is 3. The minimum absolute atomic E-state index is 0.871. The minimum atomic E-state index is 0.871. The molecule has 0 saturated carbocycles. The van der Waals surface area contributed by atoms with Crippen molar-refractivity contribution in [2.24, 2.45) is 0 Å². The number of para-hydroxylation sites is 2. The number of hydrogen-bond acceptors (Lipinski definition) is 5. The lowest BCUT2D eigenvalue weighted by molar-refractivity contribution is 0.669. The molecule has 0 saturated heterocycles. The molecule has 0 amide bonds. The molecule has 4 nitrogen and oxygen atoms in total. The molecule has 0 spiro atoms. The van der Waals surface area contributed by atoms with E-state index in [0.717, 1.165) is 66.7 Å². The molecule has 0 aliphatic rings. The predicted molar refractivity (Wildman–Crippen MR) is 205 cm³/mol. The van der Waals surface area contributed by atoms with Gasteiger partial charge in [-0.05, 0) is 66.2 Å². The zero-order valence-electron chi connectivity index (χ0n) is 26.2. The van der Waals surface area contributed by atoms with Crippen LogP contribution in [0.5, 0.6) is 0 Å². The highest BCUT2D eigenvalue weighted by Crippen LogP contribution is 2.42. The van der Waals surface area contributed by atoms with E-state index < -0.39 is 0 Å². The van der Waals surface area contributed by atoms with Gasteiger partial charge in [0.25, 0.3) is 0 Å². The summed E-state index contributed by atoms with van der Waals surface area (Å²) < 4.78 is 8.74. The standard InChI is InChI=1S/C44H27N3OS/c1-3-15-40-33(10-1)37-26-32(22-24-41(37)48-40)47(39-14-5-8-29-9-7-25-45-43(29)39)31-20-17-28(18-21-31)30-19-23-38(46-27-30)36-13-6-12-35-34-11-2-4-16-42(34)49-44(35)36/h1-27H. The first-order valence-corrected chi connectivity index (χ1v) is 17.1. The Kier molecular flexibility index (Phi) is 6.32. The molecule has 4 aromatic heterocycles. The van der Waals surface area contributed by atoms with Gasteiger partial charge >= 0.3 is 0 Å². The summed E-state index contributed by atoms with van der Waals surface area (Å²) in [5.74, 6) is 0. The van der Waals surface area contributed by atoms with Crippen molar-refractivity contribution in [3.05, 3.63) is 164 Å². The summed E-state index contributed by atoms with van der Waals surface area (Å²) in [4.78, 5) is 12.1. The van der Waals surface area contributed by atoms with Crippen molar-refractivity contribution in [2.45, 2.75) is 0 Å². The number of anilines is 3. The minimum Gasteiger partial charge on any atom is -0.456 e. The number of hydrogen-bond donors (Lipinski definition) is 0. The van der Waals surface area contributed by atoms with Crippen molar-refractivity contribution >= 4 is 81.4 Å². The molecule has 6 aromatic carbocycles. The highest BCUT2D eigenvalue weighted by molar-refractivity contribution is 7.26. The van der Waals surface area contributed by atoms with E-state index in [2.05, 4.69) is 138 Å². The zero-order chi connectivity index (χ0) is 32.3. The average molecular weight is 646 g/mol. The lowest BCUT2D eigenvalue weighted by Gasteiger charge is -2.26. The van der Waals surface area contributed by atoms with Crippen molar-refractivity contribution < 1.29 is 4.42 Å². The van der Waals surface area contributed by atoms with Crippen LogP contribution in [0.1, 0.15) is 0 Å². The first-order valence-electron chi connectivity index (χ1n) is 16.3. The number of rotatable bonds is 5. The van der Waals surface area contributed by atoms with Crippen LogP contribution < -0.4 is 4.90 Å². The molecule has 0 bridgehead atoms. The van der Waals surface area contributed by atoms with E-state index in [4.69, 9.17) is 14.4 Å². The van der Waals surface area contributed by atoms with E-state index in [-0.39, 0.29) is 0 Å². The molecular formula is C44H27N3OS. The zero-order valence-corrected chi connectivity index (χ0v) is 27.1. The maximum Gasteiger partial charge on any atom is 0.135 e. The monoisotopic (exact) mass is 645 g/mol. The summed E-state index contributed by atoms with van der Waals surface area (Å²) in [6.07, 6.45) is 3.85. The normalized spacial score (nSPS) is 11.7. The molecule has 49 heavy (non-hydrogen) atoms. The molecule has 5 heteroatoms. The lowest BCUT2D eigenvalue weighted by Crippen LogP contribution is -2.10. The average Bonchev–Trinajstić information content (AvgIpc) is 3.74. The number of benzene rings is 6. The van der Waals surface area contributed by atoms with Crippen molar-refractivity contribution in [2.75, 3.05) is 4.90 Å². The van der Waals surface area contributed by atoms with Gasteiger partial charge < -0.3 is 9.32 Å². The van der Waals surface area contributed by atoms with Crippen LogP contribution in [0.4, 0.5) is 17.1 Å². The van der Waals surface area contributed by atoms with Gasteiger partial charge in [-0.1, -0.05) is 91.0 Å². The Morgan fingerprint density at radius 3 is 2.18 bits per heavy atom. The molecule has 0 unspecified atom stereocenters. The van der Waals surface area contributed by atoms with E-state index >= 15 is 0 Å². The van der Waals surface area contributed by atoms with Gasteiger partial charge in [0, 0.05) is 71.2 Å². The topological polar surface area (TPSA) is 42.2 Å². The number of fused-ring (bicyclic) bond motifs is 7. The molecular weight excluding hydrogens is 619 g/mol. The van der Waals surface area contributed by atoms with Crippen LogP contribution in [-0.4, -0.2) is 9.97 Å². The van der Waals surface area contributed by atoms with Gasteiger partial charge in [-0.3, -0.25) is 9.97 Å². The van der Waals surface area contributed by atoms with Crippen molar-refractivity contribution in [1.29, 1.82) is 0 Å². The first-order chi connectivity index (χ1) is 24.3. The maximum atomic E-state index is 6.17. The SMILES string of the molecule is c1cnc2c(N(c3ccc(-c4ccc(-c5cccc6c5sc5ccccc56)nc4)cc3)c3ccc4oc5ccccc5c4c3)cccc2c1. The van der Waals surface area contributed by atoms with Gasteiger partial charge in [0.05, 0.1) is 16.9 Å². The number of aromatic nitrogens is 2. The molecule has 10 aromatic rings. The van der Waals surface area contributed by atoms with Crippen LogP contribution in [0.3, 0.4) is 0 Å². The fourth-order valence-corrected chi connectivity index (χ4v) is 8.25. The van der Waals surface area contributed by atoms with Gasteiger partial charge in [-0.25, -0.2) is 0 Å². The van der Waals surface area contributed by atoms with Crippen LogP contribution in [-0.2, 0) is 0 Å². The van der Waals surface area contributed by atoms with Gasteiger partial charge in [0.2, 0.25) is 0 Å². The van der Waals surface area contributed by atoms with Crippen molar-refractivity contribution in [1.82, 2.24) is 9.97 Å². The summed E-state index contributed by atoms with van der Waals surface area (Å²) >= 11 is 1.83. The Balaban J connectivity index is 1.05. The van der Waals surface area contributed by atoms with Crippen molar-refractivity contribution in [3.8, 4) is 22.4 Å². The lowest BCUT2D eigenvalue weighted by atomic mass is 10.0. The van der Waals surface area contributed by atoms with Crippen LogP contribution in [0.25, 0.3) is 75.4 Å². The Morgan fingerprint density at radius 2 is 1.29 bits per heavy atom. The molecule has 0 atom stereocenters.